The SMILES string of the molecule is Cc1ccc(C(=O)N2CC(F)C2)cc1NC(=O)c1ccc(C(F)(F)F)cc1. The summed E-state index contributed by atoms with van der Waals surface area (Å²) in [6.07, 6.45) is -5.49. The molecule has 1 fully saturated rings. The quantitative estimate of drug-likeness (QED) is 0.817. The lowest BCUT2D eigenvalue weighted by Crippen LogP contribution is -2.51. The van der Waals surface area contributed by atoms with Gasteiger partial charge in [-0.15, -0.1) is 0 Å². The third-order valence-electron chi connectivity index (χ3n) is 4.33. The smallest absolute Gasteiger partial charge is 0.333 e. The van der Waals surface area contributed by atoms with Crippen LogP contribution in [0.2, 0.25) is 0 Å². The van der Waals surface area contributed by atoms with Crippen LogP contribution in [0.5, 0.6) is 0 Å². The monoisotopic (exact) mass is 380 g/mol. The van der Waals surface area contributed by atoms with Crippen LogP contribution >= 0.6 is 0 Å². The molecule has 2 amide bonds. The van der Waals surface area contributed by atoms with Gasteiger partial charge in [-0.25, -0.2) is 4.39 Å². The van der Waals surface area contributed by atoms with Crippen LogP contribution in [0.4, 0.5) is 23.2 Å². The molecular formula is C19H16F4N2O2. The molecule has 1 saturated heterocycles. The molecule has 0 saturated carbocycles. The topological polar surface area (TPSA) is 49.4 Å². The Morgan fingerprint density at radius 1 is 1.04 bits per heavy atom. The first-order chi connectivity index (χ1) is 12.6. The van der Waals surface area contributed by atoms with Crippen LogP contribution in [0.3, 0.4) is 0 Å². The van der Waals surface area contributed by atoms with Gasteiger partial charge in [-0.3, -0.25) is 9.59 Å². The van der Waals surface area contributed by atoms with Gasteiger partial charge in [-0.2, -0.15) is 13.2 Å². The number of nitrogens with one attached hydrogen (secondary N) is 1. The predicted octanol–water partition coefficient (Wildman–Crippen LogP) is 4.06. The van der Waals surface area contributed by atoms with Crippen molar-refractivity contribution in [1.29, 1.82) is 0 Å². The number of nitrogens with zero attached hydrogens (tertiary/aromatic N) is 1. The van der Waals surface area contributed by atoms with E-state index in [2.05, 4.69) is 5.32 Å². The van der Waals surface area contributed by atoms with E-state index in [0.717, 1.165) is 24.3 Å². The molecule has 0 radical (unpaired) electrons. The first-order valence-electron chi connectivity index (χ1n) is 8.18. The van der Waals surface area contributed by atoms with E-state index in [9.17, 15) is 27.2 Å². The third kappa shape index (κ3) is 4.10. The largest absolute Gasteiger partial charge is 0.416 e. The van der Waals surface area contributed by atoms with Gasteiger partial charge in [0.1, 0.15) is 6.17 Å². The van der Waals surface area contributed by atoms with E-state index in [1.54, 1.807) is 19.1 Å². The number of halogens is 4. The molecule has 142 valence electrons. The van der Waals surface area contributed by atoms with E-state index < -0.39 is 23.8 Å². The van der Waals surface area contributed by atoms with E-state index in [-0.39, 0.29) is 24.6 Å². The zero-order chi connectivity index (χ0) is 19.8. The number of benzene rings is 2. The second-order valence-electron chi connectivity index (χ2n) is 6.37. The van der Waals surface area contributed by atoms with Crippen LogP contribution in [-0.4, -0.2) is 36.0 Å². The maximum Gasteiger partial charge on any atom is 0.416 e. The zero-order valence-corrected chi connectivity index (χ0v) is 14.3. The van der Waals surface area contributed by atoms with E-state index in [1.807, 2.05) is 0 Å². The summed E-state index contributed by atoms with van der Waals surface area (Å²) in [6.45, 7) is 1.80. The number of anilines is 1. The minimum atomic E-state index is -4.48. The number of aryl methyl sites for hydroxylation is 1. The number of amides is 2. The fourth-order valence-corrected chi connectivity index (χ4v) is 2.67. The van der Waals surface area contributed by atoms with Crippen molar-refractivity contribution in [3.63, 3.8) is 0 Å². The van der Waals surface area contributed by atoms with Crippen molar-refractivity contribution in [2.75, 3.05) is 18.4 Å². The van der Waals surface area contributed by atoms with Crippen LogP contribution in [-0.2, 0) is 6.18 Å². The molecule has 0 unspecified atom stereocenters. The second-order valence-corrected chi connectivity index (χ2v) is 6.37. The van der Waals surface area contributed by atoms with Gasteiger partial charge in [-0.05, 0) is 48.9 Å². The number of likely N-dealkylation sites (tertiary alicyclic amines) is 1. The predicted molar refractivity (Wildman–Crippen MR) is 91.4 cm³/mol. The molecule has 1 aliphatic rings. The molecule has 0 atom stereocenters. The number of hydrogen-bond donors (Lipinski definition) is 1. The van der Waals surface area contributed by atoms with Crippen molar-refractivity contribution in [2.24, 2.45) is 0 Å². The highest BCUT2D eigenvalue weighted by Crippen LogP contribution is 2.29. The second kappa shape index (κ2) is 7.02. The summed E-state index contributed by atoms with van der Waals surface area (Å²) in [7, 11) is 0. The summed E-state index contributed by atoms with van der Waals surface area (Å²) in [5.74, 6) is -0.932. The number of alkyl halides is 4. The summed E-state index contributed by atoms with van der Waals surface area (Å²) in [5.41, 5.74) is 0.558. The molecule has 0 aromatic heterocycles. The molecule has 2 aromatic rings. The number of rotatable bonds is 3. The average Bonchev–Trinajstić information content (AvgIpc) is 2.59. The zero-order valence-electron chi connectivity index (χ0n) is 14.3. The summed E-state index contributed by atoms with van der Waals surface area (Å²) in [4.78, 5) is 25.9. The van der Waals surface area contributed by atoms with Gasteiger partial charge in [0.15, 0.2) is 0 Å². The van der Waals surface area contributed by atoms with Crippen molar-refractivity contribution in [2.45, 2.75) is 19.3 Å². The Morgan fingerprint density at radius 2 is 1.63 bits per heavy atom. The van der Waals surface area contributed by atoms with Gasteiger partial charge in [0, 0.05) is 16.8 Å². The number of carbonyl (C=O) groups is 2. The number of hydrogen-bond acceptors (Lipinski definition) is 2. The summed E-state index contributed by atoms with van der Waals surface area (Å²) in [6, 6.07) is 8.54. The van der Waals surface area contributed by atoms with Crippen LogP contribution < -0.4 is 5.32 Å². The average molecular weight is 380 g/mol. The molecule has 0 aliphatic carbocycles. The lowest BCUT2D eigenvalue weighted by Gasteiger charge is -2.34. The lowest BCUT2D eigenvalue weighted by molar-refractivity contribution is -0.137. The normalized spacial score (nSPS) is 14.6. The van der Waals surface area contributed by atoms with E-state index >= 15 is 0 Å². The molecule has 4 nitrogen and oxygen atoms in total. The Balaban J connectivity index is 1.75. The highest BCUT2D eigenvalue weighted by atomic mass is 19.4. The standard InChI is InChI=1S/C19H16F4N2O2/c1-11-2-3-13(18(27)25-9-15(20)10-25)8-16(11)24-17(26)12-4-6-14(7-5-12)19(21,22)23/h2-8,15H,9-10H2,1H3,(H,24,26). The fraction of sp³-hybridized carbons (Fsp3) is 0.263. The van der Waals surface area contributed by atoms with Crippen molar-refractivity contribution < 1.29 is 27.2 Å². The Hall–Kier alpha value is -2.90. The Bertz CT molecular complexity index is 872. The van der Waals surface area contributed by atoms with Crippen LogP contribution in [0, 0.1) is 6.92 Å². The van der Waals surface area contributed by atoms with Crippen molar-refractivity contribution in [3.05, 3.63) is 64.7 Å². The van der Waals surface area contributed by atoms with Crippen LogP contribution in [0.25, 0.3) is 0 Å². The summed E-state index contributed by atoms with van der Waals surface area (Å²) < 4.78 is 50.7. The van der Waals surface area contributed by atoms with Crippen molar-refractivity contribution in [3.8, 4) is 0 Å². The van der Waals surface area contributed by atoms with E-state index in [0.29, 0.717) is 16.8 Å². The van der Waals surface area contributed by atoms with Gasteiger partial charge in [-0.1, -0.05) is 6.07 Å². The Morgan fingerprint density at radius 3 is 2.19 bits per heavy atom. The van der Waals surface area contributed by atoms with Gasteiger partial charge < -0.3 is 10.2 Å². The molecular weight excluding hydrogens is 364 g/mol. The molecule has 8 heteroatoms. The van der Waals surface area contributed by atoms with Gasteiger partial charge in [0.05, 0.1) is 18.7 Å². The lowest BCUT2D eigenvalue weighted by atomic mass is 10.1. The highest BCUT2D eigenvalue weighted by molar-refractivity contribution is 6.05. The van der Waals surface area contributed by atoms with Crippen molar-refractivity contribution in [1.82, 2.24) is 4.90 Å². The molecule has 0 bridgehead atoms. The van der Waals surface area contributed by atoms with Crippen LogP contribution in [0.1, 0.15) is 31.8 Å². The molecule has 27 heavy (non-hydrogen) atoms. The fourth-order valence-electron chi connectivity index (χ4n) is 2.67. The Labute approximate surface area is 152 Å². The molecule has 0 spiro atoms. The third-order valence-corrected chi connectivity index (χ3v) is 4.33. The first-order valence-corrected chi connectivity index (χ1v) is 8.18. The molecule has 1 heterocycles. The maximum absolute atomic E-state index is 12.9. The van der Waals surface area contributed by atoms with Gasteiger partial charge in [0.2, 0.25) is 0 Å². The maximum atomic E-state index is 12.9. The minimum Gasteiger partial charge on any atom is -0.333 e. The molecule has 2 aromatic carbocycles. The molecule has 1 aliphatic heterocycles. The van der Waals surface area contributed by atoms with Crippen molar-refractivity contribution >= 4 is 17.5 Å². The first kappa shape index (κ1) is 18.9. The van der Waals surface area contributed by atoms with E-state index in [1.165, 1.54) is 11.0 Å². The Kier molecular flexibility index (Phi) is 4.91. The molecule has 3 rings (SSSR count). The summed E-state index contributed by atoms with van der Waals surface area (Å²) in [5, 5.41) is 2.60. The minimum absolute atomic E-state index is 0.0416. The van der Waals surface area contributed by atoms with E-state index in [4.69, 9.17) is 0 Å². The number of carbonyl (C=O) groups excluding carboxylic acids is 2. The summed E-state index contributed by atoms with van der Waals surface area (Å²) >= 11 is 0. The van der Waals surface area contributed by atoms with Gasteiger partial charge >= 0.3 is 6.18 Å². The van der Waals surface area contributed by atoms with Gasteiger partial charge in [0.25, 0.3) is 11.8 Å². The van der Waals surface area contributed by atoms with Crippen LogP contribution in [0.15, 0.2) is 42.5 Å². The molecule has 1 N–H and O–H groups in total. The highest BCUT2D eigenvalue weighted by Gasteiger charge is 2.31.